The van der Waals surface area contributed by atoms with E-state index in [-0.39, 0.29) is 5.54 Å². The van der Waals surface area contributed by atoms with Crippen molar-refractivity contribution in [3.05, 3.63) is 63.7 Å². The molecule has 1 atom stereocenters. The van der Waals surface area contributed by atoms with Crippen molar-refractivity contribution < 1.29 is 0 Å². The first-order valence-corrected chi connectivity index (χ1v) is 9.91. The molecular weight excluding hydrogens is 316 g/mol. The number of nitrogens with zero attached hydrogens (tertiary/aromatic N) is 2. The van der Waals surface area contributed by atoms with Crippen LogP contribution < -0.4 is 0 Å². The van der Waals surface area contributed by atoms with Crippen molar-refractivity contribution in [2.45, 2.75) is 64.8 Å². The zero-order valence-corrected chi connectivity index (χ0v) is 16.8. The van der Waals surface area contributed by atoms with Gasteiger partial charge in [0.1, 0.15) is 0 Å². The highest BCUT2D eigenvalue weighted by Gasteiger charge is 2.38. The minimum absolute atomic E-state index is 0.188. The fourth-order valence-electron chi connectivity index (χ4n) is 4.90. The van der Waals surface area contributed by atoms with Gasteiger partial charge in [0.25, 0.3) is 0 Å². The van der Waals surface area contributed by atoms with Crippen molar-refractivity contribution >= 4 is 12.0 Å². The molecule has 0 radical (unpaired) electrons. The maximum absolute atomic E-state index is 4.74. The lowest BCUT2D eigenvalue weighted by atomic mass is 9.77. The molecule has 2 aliphatic rings. The third-order valence-corrected chi connectivity index (χ3v) is 6.78. The number of aliphatic imine (C=N–C) groups is 1. The molecular formula is C24H30N2. The Morgan fingerprint density at radius 1 is 1.00 bits per heavy atom. The Hall–Kier alpha value is -2.09. The summed E-state index contributed by atoms with van der Waals surface area (Å²) in [6.45, 7) is 9.04. The number of rotatable bonds is 2. The van der Waals surface area contributed by atoms with E-state index >= 15 is 0 Å². The van der Waals surface area contributed by atoms with Gasteiger partial charge in [-0.2, -0.15) is 0 Å². The molecule has 2 aromatic rings. The Morgan fingerprint density at radius 3 is 2.46 bits per heavy atom. The van der Waals surface area contributed by atoms with Gasteiger partial charge in [0.2, 0.25) is 0 Å². The van der Waals surface area contributed by atoms with E-state index in [1.165, 1.54) is 59.1 Å². The van der Waals surface area contributed by atoms with Gasteiger partial charge >= 0.3 is 0 Å². The molecule has 1 aliphatic heterocycles. The van der Waals surface area contributed by atoms with E-state index < -0.39 is 0 Å². The molecule has 0 amide bonds. The molecule has 0 spiro atoms. The summed E-state index contributed by atoms with van der Waals surface area (Å²) in [6, 6.07) is 11.7. The van der Waals surface area contributed by atoms with Crippen LogP contribution in [0.5, 0.6) is 0 Å². The smallest absolute Gasteiger partial charge is 0.0919 e. The molecule has 2 nitrogen and oxygen atoms in total. The van der Waals surface area contributed by atoms with Crippen LogP contribution in [0.2, 0.25) is 0 Å². The van der Waals surface area contributed by atoms with Crippen LogP contribution in [0, 0.1) is 20.8 Å². The molecule has 0 N–H and O–H groups in total. The van der Waals surface area contributed by atoms with E-state index in [0.29, 0.717) is 0 Å². The fraction of sp³-hybridized carbons (Fsp3) is 0.458. The molecule has 136 valence electrons. The normalized spacial score (nSPS) is 22.7. The van der Waals surface area contributed by atoms with Crippen molar-refractivity contribution in [2.24, 2.45) is 4.99 Å². The van der Waals surface area contributed by atoms with Crippen molar-refractivity contribution in [1.29, 1.82) is 0 Å². The van der Waals surface area contributed by atoms with E-state index in [9.17, 15) is 0 Å². The quantitative estimate of drug-likeness (QED) is 0.638. The number of hydrogen-bond donors (Lipinski definition) is 0. The molecule has 0 bridgehead atoms. The Kier molecular flexibility index (Phi) is 4.17. The summed E-state index contributed by atoms with van der Waals surface area (Å²) < 4.78 is 0. The summed E-state index contributed by atoms with van der Waals surface area (Å²) in [5, 5.41) is 0. The molecule has 0 aromatic heterocycles. The van der Waals surface area contributed by atoms with Crippen LogP contribution in [0.15, 0.2) is 35.3 Å². The van der Waals surface area contributed by atoms with Gasteiger partial charge in [-0.1, -0.05) is 42.7 Å². The molecule has 1 unspecified atom stereocenters. The topological polar surface area (TPSA) is 15.6 Å². The van der Waals surface area contributed by atoms with Gasteiger partial charge in [0, 0.05) is 12.6 Å². The maximum Gasteiger partial charge on any atom is 0.0919 e. The first-order chi connectivity index (χ1) is 12.4. The van der Waals surface area contributed by atoms with E-state index in [1.807, 2.05) is 6.34 Å². The van der Waals surface area contributed by atoms with Gasteiger partial charge in [-0.3, -0.25) is 0 Å². The van der Waals surface area contributed by atoms with Gasteiger partial charge in [-0.25, -0.2) is 4.99 Å². The van der Waals surface area contributed by atoms with Crippen LogP contribution in [0.1, 0.15) is 71.9 Å². The minimum Gasteiger partial charge on any atom is -0.352 e. The number of aryl methyl sites for hydroxylation is 2. The zero-order chi connectivity index (χ0) is 18.5. The average molecular weight is 347 g/mol. The third-order valence-electron chi connectivity index (χ3n) is 6.78. The van der Waals surface area contributed by atoms with Gasteiger partial charge in [-0.15, -0.1) is 0 Å². The molecule has 1 fully saturated rings. The largest absolute Gasteiger partial charge is 0.352 e. The molecule has 1 aliphatic carbocycles. The lowest BCUT2D eigenvalue weighted by Gasteiger charge is -2.43. The summed E-state index contributed by atoms with van der Waals surface area (Å²) in [5.74, 6) is 0.723. The van der Waals surface area contributed by atoms with Crippen LogP contribution in [0.4, 0.5) is 5.69 Å². The van der Waals surface area contributed by atoms with Crippen LogP contribution in [-0.4, -0.2) is 18.3 Å². The SMILES string of the molecule is Cc1cc(C)c(C)c(C2(C)c3cc(C4CCCC4)ccc3N=CN2C)c1. The second kappa shape index (κ2) is 6.26. The third kappa shape index (κ3) is 2.58. The molecule has 4 rings (SSSR count). The molecule has 0 saturated heterocycles. The molecule has 1 saturated carbocycles. The Morgan fingerprint density at radius 2 is 1.73 bits per heavy atom. The standard InChI is InChI=1S/C24H30N2/c1-16-12-17(2)18(3)21(13-16)24(4)22-14-20(19-8-6-7-9-19)10-11-23(22)25-15-26(24)5/h10-15,19H,6-9H2,1-5H3. The summed E-state index contributed by atoms with van der Waals surface area (Å²) in [4.78, 5) is 7.02. The highest BCUT2D eigenvalue weighted by Crippen LogP contribution is 2.46. The maximum atomic E-state index is 4.74. The van der Waals surface area contributed by atoms with Crippen molar-refractivity contribution in [3.63, 3.8) is 0 Å². The van der Waals surface area contributed by atoms with E-state index in [4.69, 9.17) is 4.99 Å². The first kappa shape index (κ1) is 17.3. The summed E-state index contributed by atoms with van der Waals surface area (Å²) in [7, 11) is 2.16. The van der Waals surface area contributed by atoms with Gasteiger partial charge < -0.3 is 4.90 Å². The summed E-state index contributed by atoms with van der Waals surface area (Å²) in [5.41, 5.74) is 9.25. The summed E-state index contributed by atoms with van der Waals surface area (Å²) in [6.07, 6.45) is 7.39. The van der Waals surface area contributed by atoms with Crippen LogP contribution in [0.25, 0.3) is 0 Å². The van der Waals surface area contributed by atoms with Crippen LogP contribution in [0.3, 0.4) is 0 Å². The highest BCUT2D eigenvalue weighted by atomic mass is 15.2. The van der Waals surface area contributed by atoms with Crippen molar-refractivity contribution in [1.82, 2.24) is 4.90 Å². The van der Waals surface area contributed by atoms with Crippen molar-refractivity contribution in [3.8, 4) is 0 Å². The number of benzene rings is 2. The zero-order valence-electron chi connectivity index (χ0n) is 16.8. The van der Waals surface area contributed by atoms with Gasteiger partial charge in [0.15, 0.2) is 0 Å². The Bertz CT molecular complexity index is 874. The second-order valence-corrected chi connectivity index (χ2v) is 8.44. The Balaban J connectivity index is 1.92. The highest BCUT2D eigenvalue weighted by molar-refractivity contribution is 5.73. The van der Waals surface area contributed by atoms with Gasteiger partial charge in [0.05, 0.1) is 17.6 Å². The first-order valence-electron chi connectivity index (χ1n) is 9.91. The number of hydrogen-bond acceptors (Lipinski definition) is 2. The second-order valence-electron chi connectivity index (χ2n) is 8.44. The molecule has 1 heterocycles. The molecule has 26 heavy (non-hydrogen) atoms. The van der Waals surface area contributed by atoms with E-state index in [2.05, 4.69) is 70.0 Å². The molecule has 2 aromatic carbocycles. The van der Waals surface area contributed by atoms with E-state index in [1.54, 1.807) is 0 Å². The van der Waals surface area contributed by atoms with Crippen LogP contribution >= 0.6 is 0 Å². The Labute approximate surface area is 158 Å². The number of fused-ring (bicyclic) bond motifs is 1. The van der Waals surface area contributed by atoms with Crippen LogP contribution in [-0.2, 0) is 5.54 Å². The lowest BCUT2D eigenvalue weighted by molar-refractivity contribution is 0.290. The van der Waals surface area contributed by atoms with Crippen molar-refractivity contribution in [2.75, 3.05) is 7.05 Å². The predicted octanol–water partition coefficient (Wildman–Crippen LogP) is 6.14. The lowest BCUT2D eigenvalue weighted by Crippen LogP contribution is -2.44. The van der Waals surface area contributed by atoms with Gasteiger partial charge in [-0.05, 0) is 74.8 Å². The molecule has 2 heteroatoms. The van der Waals surface area contributed by atoms with E-state index in [0.717, 1.165) is 11.6 Å². The fourth-order valence-corrected chi connectivity index (χ4v) is 4.90. The average Bonchev–Trinajstić information content (AvgIpc) is 3.16. The monoisotopic (exact) mass is 346 g/mol. The summed E-state index contributed by atoms with van der Waals surface area (Å²) >= 11 is 0. The predicted molar refractivity (Wildman–Crippen MR) is 111 cm³/mol. The minimum atomic E-state index is -0.188.